The number of halogens is 1. The van der Waals surface area contributed by atoms with Crippen molar-refractivity contribution in [2.45, 2.75) is 43.6 Å². The minimum atomic E-state index is -0.923. The van der Waals surface area contributed by atoms with Crippen molar-refractivity contribution in [3.63, 3.8) is 0 Å². The molecular weight excluding hydrogens is 373 g/mol. The quantitative estimate of drug-likeness (QED) is 0.699. The van der Waals surface area contributed by atoms with E-state index in [2.05, 4.69) is 25.8 Å². The fourth-order valence-electron chi connectivity index (χ4n) is 4.40. The van der Waals surface area contributed by atoms with Crippen LogP contribution in [0.25, 0.3) is 16.9 Å². The number of fused-ring (bicyclic) bond motifs is 2. The van der Waals surface area contributed by atoms with Gasteiger partial charge < -0.3 is 15.3 Å². The van der Waals surface area contributed by atoms with E-state index in [1.165, 1.54) is 0 Å². The fraction of sp³-hybridized carbons (Fsp3) is 0.400. The Hall–Kier alpha value is -3.07. The van der Waals surface area contributed by atoms with E-state index >= 15 is 0 Å². The molecule has 29 heavy (non-hydrogen) atoms. The van der Waals surface area contributed by atoms with Gasteiger partial charge in [0.15, 0.2) is 5.82 Å². The summed E-state index contributed by atoms with van der Waals surface area (Å²) in [6.07, 6.45) is 5.04. The molecule has 9 heteroatoms. The van der Waals surface area contributed by atoms with Crippen LogP contribution in [-0.4, -0.2) is 61.6 Å². The monoisotopic (exact) mass is 395 g/mol. The molecule has 2 aromatic heterocycles. The summed E-state index contributed by atoms with van der Waals surface area (Å²) in [5, 5.41) is 30.0. The largest absolute Gasteiger partial charge is 0.507 e. The molecule has 0 amide bonds. The lowest BCUT2D eigenvalue weighted by Gasteiger charge is -2.38. The molecule has 2 aliphatic rings. The normalized spacial score (nSPS) is 25.9. The standard InChI is InChI=1S/C20H22FN7O/c1-27(17-10-12-2-5-16(23-12)20(17)21)19-7-6-15(24-25-19)14-4-3-13(11-18(14)29)28-9-8-22-26-28/h3-4,6-9,11-12,16-17,20,23,29H,2,5,10H2,1H3/t12?,16?,17-,20+/m0/s1. The molecule has 150 valence electrons. The van der Waals surface area contributed by atoms with Crippen LogP contribution in [0, 0.1) is 0 Å². The summed E-state index contributed by atoms with van der Waals surface area (Å²) in [7, 11) is 1.87. The number of anilines is 1. The molecule has 2 unspecified atom stereocenters. The summed E-state index contributed by atoms with van der Waals surface area (Å²) in [6.45, 7) is 0. The van der Waals surface area contributed by atoms with Gasteiger partial charge in [0.1, 0.15) is 11.9 Å². The molecule has 2 N–H and O–H groups in total. The van der Waals surface area contributed by atoms with Crippen molar-refractivity contribution >= 4 is 5.82 Å². The first-order valence-electron chi connectivity index (χ1n) is 9.77. The molecule has 0 saturated carbocycles. The van der Waals surface area contributed by atoms with Crippen LogP contribution in [0.15, 0.2) is 42.7 Å². The number of hydrogen-bond donors (Lipinski definition) is 2. The zero-order chi connectivity index (χ0) is 20.0. The fourth-order valence-corrected chi connectivity index (χ4v) is 4.40. The molecule has 4 atom stereocenters. The minimum absolute atomic E-state index is 0.0612. The molecule has 2 bridgehead atoms. The Kier molecular flexibility index (Phi) is 4.39. The number of piperidine rings is 1. The van der Waals surface area contributed by atoms with Crippen LogP contribution < -0.4 is 10.2 Å². The highest BCUT2D eigenvalue weighted by Gasteiger charge is 2.43. The van der Waals surface area contributed by atoms with Crippen LogP contribution >= 0.6 is 0 Å². The summed E-state index contributed by atoms with van der Waals surface area (Å²) in [5.41, 5.74) is 1.81. The number of phenols is 1. The lowest BCUT2D eigenvalue weighted by Crippen LogP contribution is -2.55. The Balaban J connectivity index is 1.36. The van der Waals surface area contributed by atoms with Crippen molar-refractivity contribution in [1.29, 1.82) is 0 Å². The van der Waals surface area contributed by atoms with Crippen molar-refractivity contribution in [3.8, 4) is 22.7 Å². The van der Waals surface area contributed by atoms with Crippen molar-refractivity contribution in [1.82, 2.24) is 30.5 Å². The number of benzene rings is 1. The van der Waals surface area contributed by atoms with Crippen LogP contribution in [0.4, 0.5) is 10.2 Å². The van der Waals surface area contributed by atoms with Crippen molar-refractivity contribution < 1.29 is 9.50 Å². The number of aromatic nitrogens is 5. The third kappa shape index (κ3) is 3.21. The highest BCUT2D eigenvalue weighted by molar-refractivity contribution is 5.69. The van der Waals surface area contributed by atoms with E-state index < -0.39 is 6.17 Å². The van der Waals surface area contributed by atoms with Gasteiger partial charge in [0, 0.05) is 30.8 Å². The second-order valence-electron chi connectivity index (χ2n) is 7.73. The number of hydrogen-bond acceptors (Lipinski definition) is 7. The van der Waals surface area contributed by atoms with E-state index in [9.17, 15) is 9.50 Å². The smallest absolute Gasteiger partial charge is 0.151 e. The lowest BCUT2D eigenvalue weighted by atomic mass is 9.96. The van der Waals surface area contributed by atoms with Gasteiger partial charge in [0.25, 0.3) is 0 Å². The van der Waals surface area contributed by atoms with Gasteiger partial charge in [-0.3, -0.25) is 0 Å². The van der Waals surface area contributed by atoms with Crippen molar-refractivity contribution in [2.24, 2.45) is 0 Å². The summed E-state index contributed by atoms with van der Waals surface area (Å²) in [6, 6.07) is 8.93. The number of nitrogens with zero attached hydrogens (tertiary/aromatic N) is 6. The molecule has 0 radical (unpaired) electrons. The highest BCUT2D eigenvalue weighted by Crippen LogP contribution is 2.34. The summed E-state index contributed by atoms with van der Waals surface area (Å²) >= 11 is 0. The summed E-state index contributed by atoms with van der Waals surface area (Å²) in [4.78, 5) is 1.89. The predicted octanol–water partition coefficient (Wildman–Crippen LogP) is 2.10. The van der Waals surface area contributed by atoms with Gasteiger partial charge in [-0.25, -0.2) is 9.07 Å². The number of rotatable bonds is 4. The van der Waals surface area contributed by atoms with Crippen molar-refractivity contribution in [2.75, 3.05) is 11.9 Å². The number of aromatic hydroxyl groups is 1. The second-order valence-corrected chi connectivity index (χ2v) is 7.73. The second kappa shape index (κ2) is 7.07. The van der Waals surface area contributed by atoms with E-state index in [0.717, 1.165) is 19.3 Å². The average molecular weight is 395 g/mol. The predicted molar refractivity (Wildman–Crippen MR) is 106 cm³/mol. The third-order valence-corrected chi connectivity index (χ3v) is 6.01. The average Bonchev–Trinajstić information content (AvgIpc) is 3.41. The molecule has 0 aliphatic carbocycles. The van der Waals surface area contributed by atoms with E-state index in [-0.39, 0.29) is 17.8 Å². The van der Waals surface area contributed by atoms with Gasteiger partial charge in [-0.1, -0.05) is 5.21 Å². The molecule has 8 nitrogen and oxygen atoms in total. The Bertz CT molecular complexity index is 995. The van der Waals surface area contributed by atoms with E-state index in [1.54, 1.807) is 35.3 Å². The highest BCUT2D eigenvalue weighted by atomic mass is 19.1. The molecule has 5 rings (SSSR count). The maximum atomic E-state index is 14.8. The minimum Gasteiger partial charge on any atom is -0.507 e. The van der Waals surface area contributed by atoms with Gasteiger partial charge in [-0.2, -0.15) is 0 Å². The Morgan fingerprint density at radius 3 is 2.83 bits per heavy atom. The van der Waals surface area contributed by atoms with Crippen LogP contribution in [0.5, 0.6) is 5.75 Å². The molecule has 4 heterocycles. The van der Waals surface area contributed by atoms with Gasteiger partial charge >= 0.3 is 0 Å². The van der Waals surface area contributed by atoms with Gasteiger partial charge in [-0.05, 0) is 43.5 Å². The van der Waals surface area contributed by atoms with Crippen LogP contribution in [0.3, 0.4) is 0 Å². The van der Waals surface area contributed by atoms with E-state index in [0.29, 0.717) is 28.8 Å². The van der Waals surface area contributed by atoms with Crippen LogP contribution in [0.1, 0.15) is 19.3 Å². The number of nitrogens with one attached hydrogen (secondary N) is 1. The Morgan fingerprint density at radius 1 is 1.21 bits per heavy atom. The molecule has 1 aromatic carbocycles. The number of alkyl halides is 1. The summed E-state index contributed by atoms with van der Waals surface area (Å²) in [5.74, 6) is 0.702. The van der Waals surface area contributed by atoms with Gasteiger partial charge in [-0.15, -0.1) is 15.3 Å². The molecule has 2 fully saturated rings. The third-order valence-electron chi connectivity index (χ3n) is 6.01. The topological polar surface area (TPSA) is 92.0 Å². The zero-order valence-electron chi connectivity index (χ0n) is 16.0. The van der Waals surface area contributed by atoms with E-state index in [1.807, 2.05) is 24.1 Å². The molecule has 0 spiro atoms. The van der Waals surface area contributed by atoms with Crippen LogP contribution in [0.2, 0.25) is 0 Å². The van der Waals surface area contributed by atoms with Gasteiger partial charge in [0.2, 0.25) is 0 Å². The Morgan fingerprint density at radius 2 is 2.10 bits per heavy atom. The maximum absolute atomic E-state index is 14.8. The van der Waals surface area contributed by atoms with Crippen molar-refractivity contribution in [3.05, 3.63) is 42.7 Å². The lowest BCUT2D eigenvalue weighted by molar-refractivity contribution is 0.176. The first-order chi connectivity index (χ1) is 14.1. The first kappa shape index (κ1) is 18.0. The Labute approximate surface area is 167 Å². The number of phenolic OH excluding ortho intramolecular Hbond substituents is 1. The molecule has 3 aromatic rings. The first-order valence-corrected chi connectivity index (χ1v) is 9.77. The van der Waals surface area contributed by atoms with E-state index in [4.69, 9.17) is 0 Å². The maximum Gasteiger partial charge on any atom is 0.151 e. The van der Waals surface area contributed by atoms with Gasteiger partial charge in [0.05, 0.1) is 29.8 Å². The molecule has 2 saturated heterocycles. The zero-order valence-corrected chi connectivity index (χ0v) is 16.0. The molecule has 2 aliphatic heterocycles. The SMILES string of the molecule is CN(c1ccc(-c2ccc(-n3ccnn3)cc2O)nn1)[C@H]1CC2CCC(N2)[C@H]1F. The van der Waals surface area contributed by atoms with Crippen LogP contribution in [-0.2, 0) is 0 Å². The summed E-state index contributed by atoms with van der Waals surface area (Å²) < 4.78 is 16.4. The molecular formula is C20H22FN7O.